The number of rotatable bonds is 5. The largest absolute Gasteiger partial charge is 0.481 e. The summed E-state index contributed by atoms with van der Waals surface area (Å²) >= 11 is 0. The zero-order chi connectivity index (χ0) is 13.2. The number of methoxy groups -OCH3 is 1. The molecule has 5 heteroatoms. The number of nitrogens with zero attached hydrogens (tertiary/aromatic N) is 2. The van der Waals surface area contributed by atoms with E-state index in [9.17, 15) is 0 Å². The Morgan fingerprint density at radius 1 is 1.44 bits per heavy atom. The zero-order valence-electron chi connectivity index (χ0n) is 11.4. The van der Waals surface area contributed by atoms with Crippen molar-refractivity contribution in [3.63, 3.8) is 0 Å². The van der Waals surface area contributed by atoms with Gasteiger partial charge in [-0.15, -0.1) is 0 Å². The fourth-order valence-corrected chi connectivity index (χ4v) is 2.32. The molecule has 1 aromatic rings. The summed E-state index contributed by atoms with van der Waals surface area (Å²) in [7, 11) is 1.60. The first-order chi connectivity index (χ1) is 8.57. The molecule has 2 rings (SSSR count). The van der Waals surface area contributed by atoms with Crippen LogP contribution in [0.5, 0.6) is 5.88 Å². The maximum atomic E-state index is 5.71. The van der Waals surface area contributed by atoms with Crippen molar-refractivity contribution in [3.8, 4) is 5.88 Å². The molecule has 1 aliphatic rings. The molecule has 0 radical (unpaired) electrons. The van der Waals surface area contributed by atoms with Gasteiger partial charge in [0, 0.05) is 24.1 Å². The number of nitrogens with one attached hydrogen (secondary N) is 1. The molecule has 100 valence electrons. The maximum absolute atomic E-state index is 5.71. The molecule has 1 heterocycles. The van der Waals surface area contributed by atoms with E-state index in [-0.39, 0.29) is 5.41 Å². The van der Waals surface area contributed by atoms with Crippen molar-refractivity contribution in [2.75, 3.05) is 19.0 Å². The van der Waals surface area contributed by atoms with Crippen LogP contribution in [0, 0.1) is 5.41 Å². The van der Waals surface area contributed by atoms with Gasteiger partial charge in [-0.1, -0.05) is 13.8 Å². The highest BCUT2D eigenvalue weighted by atomic mass is 16.5. The van der Waals surface area contributed by atoms with Crippen molar-refractivity contribution in [1.82, 2.24) is 9.97 Å². The van der Waals surface area contributed by atoms with Gasteiger partial charge in [-0.25, -0.2) is 9.97 Å². The van der Waals surface area contributed by atoms with Gasteiger partial charge in [0.1, 0.15) is 12.1 Å². The average Bonchev–Trinajstić information content (AvgIpc) is 2.38. The van der Waals surface area contributed by atoms with Gasteiger partial charge >= 0.3 is 0 Å². The molecular formula is C13H21N3O2. The van der Waals surface area contributed by atoms with Gasteiger partial charge in [-0.05, 0) is 13.3 Å². The molecule has 0 bridgehead atoms. The Hall–Kier alpha value is -1.36. The Bertz CT molecular complexity index is 409. The lowest BCUT2D eigenvalue weighted by molar-refractivity contribution is -0.0976. The summed E-state index contributed by atoms with van der Waals surface area (Å²) in [5.74, 6) is 1.38. The Labute approximate surface area is 108 Å². The minimum absolute atomic E-state index is 0.119. The summed E-state index contributed by atoms with van der Waals surface area (Å²) in [4.78, 5) is 8.19. The van der Waals surface area contributed by atoms with E-state index in [1.54, 1.807) is 7.11 Å². The highest BCUT2D eigenvalue weighted by Crippen LogP contribution is 2.44. The van der Waals surface area contributed by atoms with Gasteiger partial charge in [-0.2, -0.15) is 0 Å². The molecule has 1 fully saturated rings. The van der Waals surface area contributed by atoms with Crippen LogP contribution in [0.1, 0.15) is 27.2 Å². The summed E-state index contributed by atoms with van der Waals surface area (Å²) in [6.07, 6.45) is 2.84. The summed E-state index contributed by atoms with van der Waals surface area (Å²) in [6, 6.07) is 2.18. The van der Waals surface area contributed by atoms with Crippen molar-refractivity contribution in [2.45, 2.75) is 39.3 Å². The number of hydrogen-bond donors (Lipinski definition) is 1. The maximum Gasteiger partial charge on any atom is 0.218 e. The number of aromatic nitrogens is 2. The molecule has 1 saturated carbocycles. The first-order valence-corrected chi connectivity index (χ1v) is 6.32. The average molecular weight is 251 g/mol. The quantitative estimate of drug-likeness (QED) is 0.868. The molecule has 2 unspecified atom stereocenters. The fourth-order valence-electron chi connectivity index (χ4n) is 2.32. The van der Waals surface area contributed by atoms with E-state index in [1.807, 2.05) is 13.0 Å². The minimum Gasteiger partial charge on any atom is -0.481 e. The van der Waals surface area contributed by atoms with Crippen molar-refractivity contribution in [2.24, 2.45) is 5.41 Å². The lowest BCUT2D eigenvalue weighted by Gasteiger charge is -2.51. The highest BCUT2D eigenvalue weighted by Gasteiger charge is 2.49. The lowest BCUT2D eigenvalue weighted by Crippen LogP contribution is -2.58. The molecule has 0 saturated heterocycles. The van der Waals surface area contributed by atoms with Crippen LogP contribution in [-0.2, 0) is 4.74 Å². The van der Waals surface area contributed by atoms with Crippen LogP contribution in [0.15, 0.2) is 12.4 Å². The van der Waals surface area contributed by atoms with E-state index in [2.05, 4.69) is 29.1 Å². The second-order valence-corrected chi connectivity index (χ2v) is 5.14. The molecule has 0 aliphatic heterocycles. The third-order valence-corrected chi connectivity index (χ3v) is 3.72. The predicted octanol–water partition coefficient (Wildman–Crippen LogP) is 2.10. The van der Waals surface area contributed by atoms with Gasteiger partial charge in [-0.3, -0.25) is 0 Å². The topological polar surface area (TPSA) is 56.3 Å². The van der Waals surface area contributed by atoms with Crippen molar-refractivity contribution < 1.29 is 9.47 Å². The number of anilines is 1. The molecule has 1 N–H and O–H groups in total. The van der Waals surface area contributed by atoms with Crippen LogP contribution < -0.4 is 10.1 Å². The van der Waals surface area contributed by atoms with Crippen LogP contribution in [0.25, 0.3) is 0 Å². The Morgan fingerprint density at radius 2 is 2.22 bits per heavy atom. The van der Waals surface area contributed by atoms with Gasteiger partial charge in [0.25, 0.3) is 0 Å². The molecule has 1 aromatic heterocycles. The van der Waals surface area contributed by atoms with Crippen molar-refractivity contribution in [1.29, 1.82) is 0 Å². The van der Waals surface area contributed by atoms with E-state index in [0.717, 1.165) is 18.8 Å². The van der Waals surface area contributed by atoms with E-state index >= 15 is 0 Å². The van der Waals surface area contributed by atoms with E-state index in [1.165, 1.54) is 6.33 Å². The third kappa shape index (κ3) is 2.41. The van der Waals surface area contributed by atoms with Gasteiger partial charge < -0.3 is 14.8 Å². The molecule has 1 aliphatic carbocycles. The zero-order valence-corrected chi connectivity index (χ0v) is 11.4. The Balaban J connectivity index is 1.98. The van der Waals surface area contributed by atoms with E-state index < -0.39 is 0 Å². The van der Waals surface area contributed by atoms with Gasteiger partial charge in [0.15, 0.2) is 0 Å². The molecule has 18 heavy (non-hydrogen) atoms. The first kappa shape index (κ1) is 13.1. The van der Waals surface area contributed by atoms with Crippen LogP contribution in [0.3, 0.4) is 0 Å². The smallest absolute Gasteiger partial charge is 0.218 e. The fraction of sp³-hybridized carbons (Fsp3) is 0.692. The molecule has 5 nitrogen and oxygen atoms in total. The van der Waals surface area contributed by atoms with Crippen LogP contribution in [-0.4, -0.2) is 35.8 Å². The molecular weight excluding hydrogens is 230 g/mol. The lowest BCUT2D eigenvalue weighted by atomic mass is 9.64. The monoisotopic (exact) mass is 251 g/mol. The van der Waals surface area contributed by atoms with Crippen LogP contribution in [0.2, 0.25) is 0 Å². The van der Waals surface area contributed by atoms with E-state index in [4.69, 9.17) is 9.47 Å². The van der Waals surface area contributed by atoms with Gasteiger partial charge in [0.05, 0.1) is 13.2 Å². The van der Waals surface area contributed by atoms with Gasteiger partial charge in [0.2, 0.25) is 5.88 Å². The Morgan fingerprint density at radius 3 is 2.83 bits per heavy atom. The van der Waals surface area contributed by atoms with Crippen LogP contribution in [0.4, 0.5) is 5.82 Å². The third-order valence-electron chi connectivity index (χ3n) is 3.72. The van der Waals surface area contributed by atoms with Crippen molar-refractivity contribution in [3.05, 3.63) is 12.4 Å². The minimum atomic E-state index is 0.119. The predicted molar refractivity (Wildman–Crippen MR) is 69.8 cm³/mol. The first-order valence-electron chi connectivity index (χ1n) is 6.32. The molecule has 0 amide bonds. The summed E-state index contributed by atoms with van der Waals surface area (Å²) in [6.45, 7) is 7.23. The Kier molecular flexibility index (Phi) is 3.71. The molecule has 2 atom stereocenters. The summed E-state index contributed by atoms with van der Waals surface area (Å²) in [5.41, 5.74) is 0.119. The number of hydrogen-bond acceptors (Lipinski definition) is 5. The number of ether oxygens (including phenoxy) is 2. The molecule has 0 aromatic carbocycles. The normalized spacial score (nSPS) is 25.3. The second-order valence-electron chi connectivity index (χ2n) is 5.14. The second kappa shape index (κ2) is 5.10. The van der Waals surface area contributed by atoms with Crippen LogP contribution >= 0.6 is 0 Å². The summed E-state index contributed by atoms with van der Waals surface area (Å²) in [5, 5.41) is 3.42. The standard InChI is InChI=1S/C13H21N3O2/c1-5-18-10-6-9(13(10,2)3)16-11-7-12(17-4)15-8-14-11/h7-10H,5-6H2,1-4H3,(H,14,15,16). The van der Waals surface area contributed by atoms with Crippen molar-refractivity contribution >= 4 is 5.82 Å². The molecule has 0 spiro atoms. The summed E-state index contributed by atoms with van der Waals surface area (Å²) < 4.78 is 10.8. The SMILES string of the molecule is CCOC1CC(Nc2cc(OC)ncn2)C1(C)C. The van der Waals surface area contributed by atoms with E-state index in [0.29, 0.717) is 18.0 Å². The highest BCUT2D eigenvalue weighted by molar-refractivity contribution is 5.40.